The largest absolute Gasteiger partial charge is 0.477 e. The SMILES string of the molecule is CCCCCCCCCCCCCCCCCCCCCCC(=O)NC(COC1OC(CO)C(OC2OC(CO)C(OC3OC(CO)C(O)C(O)C3CC(C)=O)C(OC3(C(=O)O)CC(O)C(NC(C)=O)C(C(O)C(CO)OC4(C(=O)O)CC(O)C(NC(C)=O)C(C(O)C(O)CO)O4)O3)C2O)C(O)C1O)C(O)CCCCCCCCCCCCCCC. The molecule has 121 heavy (non-hydrogen) atoms. The quantitative estimate of drug-likeness (QED) is 0.0384. The lowest BCUT2D eigenvalue weighted by Crippen LogP contribution is -2.72. The number of amides is 3. The average Bonchev–Trinajstić information content (AvgIpc) is 0.752. The van der Waals surface area contributed by atoms with E-state index in [-0.39, 0.29) is 18.7 Å². The van der Waals surface area contributed by atoms with Crippen molar-refractivity contribution in [3.63, 3.8) is 0 Å². The Morgan fingerprint density at radius 2 is 0.851 bits per heavy atom. The highest BCUT2D eigenvalue weighted by molar-refractivity contribution is 5.78. The van der Waals surface area contributed by atoms with E-state index in [2.05, 4.69) is 29.8 Å². The Kier molecular flexibility index (Phi) is 50.7. The summed E-state index contributed by atoms with van der Waals surface area (Å²) in [7, 11) is 0. The minimum Gasteiger partial charge on any atom is -0.477 e. The zero-order chi connectivity index (χ0) is 89.4. The van der Waals surface area contributed by atoms with Crippen molar-refractivity contribution < 1.29 is 168 Å². The van der Waals surface area contributed by atoms with Crippen molar-refractivity contribution in [1.82, 2.24) is 16.0 Å². The molecule has 0 saturated carbocycles. The molecule has 0 bridgehead atoms. The maximum absolute atomic E-state index is 14.2. The third kappa shape index (κ3) is 34.2. The third-order valence-corrected chi connectivity index (χ3v) is 23.9. The lowest BCUT2D eigenvalue weighted by molar-refractivity contribution is -0.404. The molecule has 5 aliphatic rings. The molecule has 37 heteroatoms. The highest BCUT2D eigenvalue weighted by Gasteiger charge is 2.64. The minimum absolute atomic E-state index is 0.140. The zero-order valence-electron chi connectivity index (χ0n) is 71.8. The van der Waals surface area contributed by atoms with Gasteiger partial charge >= 0.3 is 11.9 Å². The number of hydrogen-bond donors (Lipinski definition) is 21. The van der Waals surface area contributed by atoms with E-state index in [1.165, 1.54) is 135 Å². The molecule has 0 radical (unpaired) electrons. The summed E-state index contributed by atoms with van der Waals surface area (Å²) >= 11 is 0. The van der Waals surface area contributed by atoms with Crippen LogP contribution >= 0.6 is 0 Å². The molecule has 29 atom stereocenters. The molecule has 5 rings (SSSR count). The van der Waals surface area contributed by atoms with Crippen molar-refractivity contribution in [3.05, 3.63) is 0 Å². The monoisotopic (exact) mass is 1750 g/mol. The lowest BCUT2D eigenvalue weighted by Gasteiger charge is -2.52. The predicted octanol–water partition coefficient (Wildman–Crippen LogP) is 1.57. The van der Waals surface area contributed by atoms with Crippen LogP contribution in [0.15, 0.2) is 0 Å². The Morgan fingerprint density at radius 1 is 0.438 bits per heavy atom. The molecule has 5 fully saturated rings. The van der Waals surface area contributed by atoms with Gasteiger partial charge in [0, 0.05) is 45.4 Å². The van der Waals surface area contributed by atoms with E-state index in [0.29, 0.717) is 12.8 Å². The van der Waals surface area contributed by atoms with Gasteiger partial charge in [0.2, 0.25) is 17.7 Å². The van der Waals surface area contributed by atoms with Gasteiger partial charge in [0.15, 0.2) is 18.9 Å². The standard InChI is InChI=1S/C84H151N3O34/c1-6-8-10-12-14-16-18-20-21-22-23-24-25-26-28-30-32-34-36-38-40-63(100)87-54(55(96)39-37-35-33-31-29-27-19-17-15-13-11-9-7-2)49-112-79-71(106)70(105)73(61(47-91)114-79)116-80-72(107)77(74(62(48-92)115-80)117-78-53(41-50(3)93)66(101)68(103)59(45-89)113-78)121-84(82(110)111)43-57(98)65(86-52(5)95)76(120-84)69(104)60(46-90)118-83(81(108)109)42-56(97)64(85-51(4)94)75(119-83)67(102)58(99)44-88/h53-62,64-80,88-92,96-99,101-107H,6-49H2,1-5H3,(H,85,94)(H,86,95)(H,87,100)(H,108,109)(H,110,111). The molecule has 3 amide bonds. The first-order valence-corrected chi connectivity index (χ1v) is 44.8. The van der Waals surface area contributed by atoms with Gasteiger partial charge in [-0.2, -0.15) is 0 Å². The Hall–Kier alpha value is -4.02. The maximum Gasteiger partial charge on any atom is 0.364 e. The molecule has 0 spiro atoms. The van der Waals surface area contributed by atoms with Gasteiger partial charge in [0.25, 0.3) is 11.6 Å². The Morgan fingerprint density at radius 3 is 1.29 bits per heavy atom. The number of unbranched alkanes of at least 4 members (excludes halogenated alkanes) is 31. The predicted molar refractivity (Wildman–Crippen MR) is 432 cm³/mol. The van der Waals surface area contributed by atoms with Crippen molar-refractivity contribution in [3.8, 4) is 0 Å². The molecule has 5 heterocycles. The number of rotatable bonds is 63. The Bertz CT molecular complexity index is 2900. The normalized spacial score (nSPS) is 32.4. The van der Waals surface area contributed by atoms with E-state index < -0.39 is 265 Å². The van der Waals surface area contributed by atoms with Crippen LogP contribution in [0.5, 0.6) is 0 Å². The summed E-state index contributed by atoms with van der Waals surface area (Å²) in [6.45, 7) is 0.828. The molecule has 0 aromatic heterocycles. The van der Waals surface area contributed by atoms with Crippen LogP contribution in [0.25, 0.3) is 0 Å². The van der Waals surface area contributed by atoms with Gasteiger partial charge in [-0.1, -0.05) is 219 Å². The first-order chi connectivity index (χ1) is 57.8. The van der Waals surface area contributed by atoms with Gasteiger partial charge in [-0.3, -0.25) is 14.4 Å². The number of Topliss-reactive ketones (excluding diaryl/α,β-unsaturated/α-hetero) is 1. The summed E-state index contributed by atoms with van der Waals surface area (Å²) in [5.41, 5.74) is 0. The summed E-state index contributed by atoms with van der Waals surface area (Å²) in [6.07, 6.45) is -14.1. The first-order valence-electron chi connectivity index (χ1n) is 44.8. The fourth-order valence-electron chi connectivity index (χ4n) is 16.8. The van der Waals surface area contributed by atoms with E-state index in [1.807, 2.05) is 0 Å². The number of carboxylic acid groups (broad SMARTS) is 2. The van der Waals surface area contributed by atoms with Crippen LogP contribution in [0, 0.1) is 5.92 Å². The number of nitrogens with one attached hydrogen (secondary N) is 3. The molecule has 21 N–H and O–H groups in total. The van der Waals surface area contributed by atoms with E-state index in [1.54, 1.807) is 0 Å². The van der Waals surface area contributed by atoms with Gasteiger partial charge in [-0.25, -0.2) is 9.59 Å². The molecule has 706 valence electrons. The number of carboxylic acids is 2. The van der Waals surface area contributed by atoms with E-state index in [0.717, 1.165) is 85.0 Å². The maximum atomic E-state index is 14.2. The Balaban J connectivity index is 1.39. The fraction of sp³-hybridized carbons (Fsp3) is 0.929. The molecule has 5 aliphatic heterocycles. The van der Waals surface area contributed by atoms with E-state index >= 15 is 0 Å². The van der Waals surface area contributed by atoms with Crippen LogP contribution in [0.2, 0.25) is 0 Å². The second-order valence-corrected chi connectivity index (χ2v) is 33.9. The van der Waals surface area contributed by atoms with Gasteiger partial charge in [-0.05, 0) is 19.8 Å². The van der Waals surface area contributed by atoms with E-state index in [9.17, 15) is 121 Å². The number of aliphatic hydroxyl groups is 16. The average molecular weight is 1750 g/mol. The van der Waals surface area contributed by atoms with E-state index in [4.69, 9.17) is 47.4 Å². The van der Waals surface area contributed by atoms with Crippen LogP contribution in [0.1, 0.15) is 279 Å². The number of ether oxygens (including phenoxy) is 10. The molecule has 37 nitrogen and oxygen atoms in total. The van der Waals surface area contributed by atoms with Gasteiger partial charge in [-0.15, -0.1) is 0 Å². The van der Waals surface area contributed by atoms with Crippen LogP contribution in [-0.2, 0) is 76.1 Å². The topological polar surface area (TPSA) is 595 Å². The summed E-state index contributed by atoms with van der Waals surface area (Å²) in [5, 5.41) is 211. The summed E-state index contributed by atoms with van der Waals surface area (Å²) in [6, 6.07) is -4.87. The molecular weight excluding hydrogens is 1590 g/mol. The second-order valence-electron chi connectivity index (χ2n) is 33.9. The van der Waals surface area contributed by atoms with Crippen LogP contribution in [0.4, 0.5) is 0 Å². The van der Waals surface area contributed by atoms with Gasteiger partial charge in [0.05, 0.1) is 82.2 Å². The summed E-state index contributed by atoms with van der Waals surface area (Å²) in [4.78, 5) is 79.4. The van der Waals surface area contributed by atoms with Gasteiger partial charge < -0.3 is 160 Å². The van der Waals surface area contributed by atoms with Crippen molar-refractivity contribution >= 4 is 35.4 Å². The fourth-order valence-corrected chi connectivity index (χ4v) is 16.8. The molecular formula is C84H151N3O34. The smallest absolute Gasteiger partial charge is 0.364 e. The molecule has 0 aromatic rings. The van der Waals surface area contributed by atoms with Crippen molar-refractivity contribution in [2.75, 3.05) is 39.6 Å². The van der Waals surface area contributed by atoms with Crippen molar-refractivity contribution in [1.29, 1.82) is 0 Å². The first kappa shape index (κ1) is 108. The number of hydrogen-bond acceptors (Lipinski definition) is 32. The molecule has 29 unspecified atom stereocenters. The molecule has 5 saturated heterocycles. The number of aliphatic hydroxyl groups excluding tert-OH is 16. The lowest BCUT2D eigenvalue weighted by atomic mass is 9.86. The molecule has 0 aliphatic carbocycles. The summed E-state index contributed by atoms with van der Waals surface area (Å²) < 4.78 is 60.3. The number of carbonyl (C=O) groups is 6. The highest BCUT2D eigenvalue weighted by atomic mass is 16.8. The third-order valence-electron chi connectivity index (χ3n) is 23.9. The number of aliphatic carboxylic acids is 2. The Labute approximate surface area is 711 Å². The van der Waals surface area contributed by atoms with Crippen LogP contribution in [0.3, 0.4) is 0 Å². The van der Waals surface area contributed by atoms with Gasteiger partial charge in [0.1, 0.15) is 103 Å². The minimum atomic E-state index is -3.57. The van der Waals surface area contributed by atoms with Crippen LogP contribution in [-0.4, -0.2) is 338 Å². The zero-order valence-corrected chi connectivity index (χ0v) is 71.8. The number of carbonyl (C=O) groups excluding carboxylic acids is 4. The highest BCUT2D eigenvalue weighted by Crippen LogP contribution is 2.43. The van der Waals surface area contributed by atoms with Crippen molar-refractivity contribution in [2.45, 2.75) is 449 Å². The molecule has 0 aromatic carbocycles. The summed E-state index contributed by atoms with van der Waals surface area (Å²) in [5.74, 6) is -15.8. The van der Waals surface area contributed by atoms with Crippen LogP contribution < -0.4 is 16.0 Å². The number of ketones is 1. The second kappa shape index (κ2) is 57.0. The van der Waals surface area contributed by atoms with Crippen molar-refractivity contribution in [2.24, 2.45) is 5.92 Å².